The number of aromatic nitrogens is 2. The number of nitrogens with one attached hydrogen (secondary N) is 1. The van der Waals surface area contributed by atoms with Gasteiger partial charge in [-0.25, -0.2) is 4.98 Å². The van der Waals surface area contributed by atoms with E-state index in [9.17, 15) is 0 Å². The van der Waals surface area contributed by atoms with Crippen LogP contribution in [0.5, 0.6) is 0 Å². The van der Waals surface area contributed by atoms with Gasteiger partial charge >= 0.3 is 0 Å². The number of imidazole rings is 1. The van der Waals surface area contributed by atoms with Gasteiger partial charge in [-0.1, -0.05) is 17.7 Å². The second-order valence-electron chi connectivity index (χ2n) is 3.91. The quantitative estimate of drug-likeness (QED) is 0.745. The largest absolute Gasteiger partial charge is 0.369 e. The number of rotatable bonds is 1. The highest BCUT2D eigenvalue weighted by Crippen LogP contribution is 2.26. The highest BCUT2D eigenvalue weighted by Gasteiger charge is 2.09. The Labute approximate surface area is 89.4 Å². The van der Waals surface area contributed by atoms with Gasteiger partial charge in [0, 0.05) is 11.3 Å². The fourth-order valence-corrected chi connectivity index (χ4v) is 1.74. The van der Waals surface area contributed by atoms with Crippen LogP contribution in [0.2, 0.25) is 0 Å². The SMILES string of the molecule is Cc1ccc(C)c(-c2nc(N)[nH]c2C)c1. The van der Waals surface area contributed by atoms with Crippen molar-refractivity contribution in [1.82, 2.24) is 9.97 Å². The van der Waals surface area contributed by atoms with Crippen molar-refractivity contribution < 1.29 is 0 Å². The molecule has 1 aromatic heterocycles. The summed E-state index contributed by atoms with van der Waals surface area (Å²) in [6.45, 7) is 6.15. The number of aromatic amines is 1. The minimum absolute atomic E-state index is 0.475. The Morgan fingerprint density at radius 2 is 1.93 bits per heavy atom. The van der Waals surface area contributed by atoms with Gasteiger partial charge in [-0.2, -0.15) is 0 Å². The lowest BCUT2D eigenvalue weighted by Crippen LogP contribution is -1.88. The molecule has 3 heteroatoms. The van der Waals surface area contributed by atoms with Crippen molar-refractivity contribution in [3.63, 3.8) is 0 Å². The number of nitrogens with two attached hydrogens (primary N) is 1. The first-order valence-electron chi connectivity index (χ1n) is 4.97. The van der Waals surface area contributed by atoms with E-state index in [4.69, 9.17) is 5.73 Å². The first kappa shape index (κ1) is 9.77. The van der Waals surface area contributed by atoms with Crippen LogP contribution in [-0.2, 0) is 0 Å². The predicted octanol–water partition coefficient (Wildman–Crippen LogP) is 2.58. The summed E-state index contributed by atoms with van der Waals surface area (Å²) in [4.78, 5) is 7.32. The monoisotopic (exact) mass is 201 g/mol. The van der Waals surface area contributed by atoms with Crippen molar-refractivity contribution in [2.75, 3.05) is 5.73 Å². The van der Waals surface area contributed by atoms with Gasteiger partial charge in [-0.05, 0) is 32.4 Å². The number of hydrogen-bond acceptors (Lipinski definition) is 2. The summed E-state index contributed by atoms with van der Waals surface area (Å²) in [6.07, 6.45) is 0. The molecule has 0 spiro atoms. The van der Waals surface area contributed by atoms with E-state index in [1.54, 1.807) is 0 Å². The Morgan fingerprint density at radius 1 is 1.20 bits per heavy atom. The zero-order valence-electron chi connectivity index (χ0n) is 9.26. The first-order chi connectivity index (χ1) is 7.08. The van der Waals surface area contributed by atoms with Crippen LogP contribution in [0.15, 0.2) is 18.2 Å². The minimum atomic E-state index is 0.475. The zero-order valence-corrected chi connectivity index (χ0v) is 9.26. The summed E-state index contributed by atoms with van der Waals surface area (Å²) in [5.41, 5.74) is 11.2. The molecular formula is C12H15N3. The predicted molar refractivity (Wildman–Crippen MR) is 62.6 cm³/mol. The summed E-state index contributed by atoms with van der Waals surface area (Å²) >= 11 is 0. The summed E-state index contributed by atoms with van der Waals surface area (Å²) in [6, 6.07) is 6.34. The van der Waals surface area contributed by atoms with Gasteiger partial charge in [0.25, 0.3) is 0 Å². The Balaban J connectivity index is 2.62. The van der Waals surface area contributed by atoms with Crippen LogP contribution < -0.4 is 5.73 Å². The first-order valence-corrected chi connectivity index (χ1v) is 4.97. The average molecular weight is 201 g/mol. The molecule has 1 heterocycles. The summed E-state index contributed by atoms with van der Waals surface area (Å²) in [7, 11) is 0. The van der Waals surface area contributed by atoms with Crippen molar-refractivity contribution in [3.8, 4) is 11.3 Å². The van der Waals surface area contributed by atoms with Gasteiger partial charge in [0.15, 0.2) is 5.95 Å². The van der Waals surface area contributed by atoms with Crippen LogP contribution in [0.4, 0.5) is 5.95 Å². The molecule has 3 nitrogen and oxygen atoms in total. The van der Waals surface area contributed by atoms with Gasteiger partial charge in [-0.3, -0.25) is 0 Å². The van der Waals surface area contributed by atoms with E-state index < -0.39 is 0 Å². The van der Waals surface area contributed by atoms with E-state index in [0.717, 1.165) is 17.0 Å². The summed E-state index contributed by atoms with van der Waals surface area (Å²) in [5.74, 6) is 0.475. The van der Waals surface area contributed by atoms with E-state index in [1.807, 2.05) is 6.92 Å². The van der Waals surface area contributed by atoms with Gasteiger partial charge in [0.2, 0.25) is 0 Å². The van der Waals surface area contributed by atoms with Crippen molar-refractivity contribution in [1.29, 1.82) is 0 Å². The molecular weight excluding hydrogens is 186 g/mol. The highest BCUT2D eigenvalue weighted by molar-refractivity contribution is 5.67. The van der Waals surface area contributed by atoms with E-state index in [0.29, 0.717) is 5.95 Å². The molecule has 0 aliphatic heterocycles. The van der Waals surface area contributed by atoms with Gasteiger partial charge < -0.3 is 10.7 Å². The topological polar surface area (TPSA) is 54.7 Å². The highest BCUT2D eigenvalue weighted by atomic mass is 15.0. The second kappa shape index (κ2) is 3.42. The molecule has 2 rings (SSSR count). The van der Waals surface area contributed by atoms with Crippen LogP contribution in [0.25, 0.3) is 11.3 Å². The molecule has 0 amide bonds. The van der Waals surface area contributed by atoms with Crippen LogP contribution in [-0.4, -0.2) is 9.97 Å². The molecule has 0 atom stereocenters. The lowest BCUT2D eigenvalue weighted by atomic mass is 10.0. The Bertz CT molecular complexity index is 498. The Kier molecular flexibility index (Phi) is 2.23. The fraction of sp³-hybridized carbons (Fsp3) is 0.250. The second-order valence-corrected chi connectivity index (χ2v) is 3.91. The third kappa shape index (κ3) is 1.73. The van der Waals surface area contributed by atoms with E-state index in [-0.39, 0.29) is 0 Å². The number of nitrogen functional groups attached to an aromatic ring is 1. The molecule has 0 radical (unpaired) electrons. The van der Waals surface area contributed by atoms with Crippen molar-refractivity contribution in [3.05, 3.63) is 35.0 Å². The van der Waals surface area contributed by atoms with Crippen molar-refractivity contribution in [2.45, 2.75) is 20.8 Å². The van der Waals surface area contributed by atoms with Gasteiger partial charge in [0.1, 0.15) is 0 Å². The van der Waals surface area contributed by atoms with Crippen LogP contribution in [0.1, 0.15) is 16.8 Å². The zero-order chi connectivity index (χ0) is 11.0. The fourth-order valence-electron chi connectivity index (χ4n) is 1.74. The van der Waals surface area contributed by atoms with Crippen molar-refractivity contribution in [2.24, 2.45) is 0 Å². The smallest absolute Gasteiger partial charge is 0.198 e. The molecule has 0 saturated heterocycles. The molecule has 15 heavy (non-hydrogen) atoms. The molecule has 0 aliphatic rings. The number of benzene rings is 1. The number of anilines is 1. The third-order valence-corrected chi connectivity index (χ3v) is 2.55. The minimum Gasteiger partial charge on any atom is -0.369 e. The lowest BCUT2D eigenvalue weighted by molar-refractivity contribution is 1.26. The summed E-state index contributed by atoms with van der Waals surface area (Å²) < 4.78 is 0. The normalized spacial score (nSPS) is 10.6. The maximum Gasteiger partial charge on any atom is 0.198 e. The number of nitrogens with zero attached hydrogens (tertiary/aromatic N) is 1. The van der Waals surface area contributed by atoms with E-state index in [1.165, 1.54) is 11.1 Å². The molecule has 0 bridgehead atoms. The van der Waals surface area contributed by atoms with Crippen LogP contribution in [0, 0.1) is 20.8 Å². The number of H-pyrrole nitrogens is 1. The number of hydrogen-bond donors (Lipinski definition) is 2. The van der Waals surface area contributed by atoms with Crippen LogP contribution in [0.3, 0.4) is 0 Å². The third-order valence-electron chi connectivity index (χ3n) is 2.55. The summed E-state index contributed by atoms with van der Waals surface area (Å²) in [5, 5.41) is 0. The molecule has 0 saturated carbocycles. The van der Waals surface area contributed by atoms with Crippen molar-refractivity contribution >= 4 is 5.95 Å². The van der Waals surface area contributed by atoms with E-state index >= 15 is 0 Å². The average Bonchev–Trinajstić information content (AvgIpc) is 2.50. The van der Waals surface area contributed by atoms with E-state index in [2.05, 4.69) is 42.0 Å². The standard InChI is InChI=1S/C12H15N3/c1-7-4-5-8(2)10(6-7)11-9(3)14-12(13)15-11/h4-6H,1-3H3,(H3,13,14,15). The maximum absolute atomic E-state index is 5.64. The molecule has 1 aromatic carbocycles. The van der Waals surface area contributed by atoms with Gasteiger partial charge in [-0.15, -0.1) is 0 Å². The molecule has 0 unspecified atom stereocenters. The molecule has 0 aliphatic carbocycles. The number of aryl methyl sites for hydroxylation is 3. The lowest BCUT2D eigenvalue weighted by Gasteiger charge is -2.04. The van der Waals surface area contributed by atoms with Crippen LogP contribution >= 0.6 is 0 Å². The molecule has 2 aromatic rings. The maximum atomic E-state index is 5.64. The van der Waals surface area contributed by atoms with Gasteiger partial charge in [0.05, 0.1) is 5.69 Å². The molecule has 78 valence electrons. The molecule has 0 fully saturated rings. The Morgan fingerprint density at radius 3 is 2.53 bits per heavy atom. The Hall–Kier alpha value is -1.77. The molecule has 3 N–H and O–H groups in total.